The Bertz CT molecular complexity index is 1100. The van der Waals surface area contributed by atoms with Crippen LogP contribution in [0, 0.1) is 6.92 Å². The Labute approximate surface area is 166 Å². The summed E-state index contributed by atoms with van der Waals surface area (Å²) in [5.74, 6) is -0.378. The van der Waals surface area contributed by atoms with E-state index in [4.69, 9.17) is 4.74 Å². The van der Waals surface area contributed by atoms with Crippen LogP contribution < -0.4 is 14.4 Å². The molecular weight excluding hydrogens is 409 g/mol. The van der Waals surface area contributed by atoms with Gasteiger partial charge < -0.3 is 4.74 Å². The predicted octanol–water partition coefficient (Wildman–Crippen LogP) is 4.22. The lowest BCUT2D eigenvalue weighted by atomic mass is 10.0. The number of nitrogens with one attached hydrogen (secondary N) is 1. The molecule has 6 nitrogen and oxygen atoms in total. The second kappa shape index (κ2) is 6.65. The Kier molecular flexibility index (Phi) is 4.81. The quantitative estimate of drug-likeness (QED) is 0.794. The van der Waals surface area contributed by atoms with Crippen molar-refractivity contribution in [2.75, 3.05) is 15.9 Å². The van der Waals surface area contributed by atoms with Crippen LogP contribution in [-0.2, 0) is 21.0 Å². The molecule has 1 aliphatic rings. The second-order valence-corrected chi connectivity index (χ2v) is 9.06. The molecule has 3 rings (SSSR count). The molecule has 0 saturated carbocycles. The van der Waals surface area contributed by atoms with Gasteiger partial charge in [0.15, 0.2) is 5.60 Å². The Morgan fingerprint density at radius 1 is 1.07 bits per heavy atom. The van der Waals surface area contributed by atoms with Crippen molar-refractivity contribution in [1.82, 2.24) is 0 Å². The van der Waals surface area contributed by atoms with Crippen LogP contribution in [0.15, 0.2) is 36.4 Å². The van der Waals surface area contributed by atoms with Gasteiger partial charge in [0.1, 0.15) is 5.75 Å². The Morgan fingerprint density at radius 3 is 2.31 bits per heavy atom. The lowest BCUT2D eigenvalue weighted by molar-refractivity contribution is -0.137. The summed E-state index contributed by atoms with van der Waals surface area (Å²) < 4.78 is 70.7. The molecule has 156 valence electrons. The number of hydrogen-bond donors (Lipinski definition) is 1. The number of alkyl halides is 3. The first-order valence-corrected chi connectivity index (χ1v) is 10.4. The molecule has 1 heterocycles. The summed E-state index contributed by atoms with van der Waals surface area (Å²) in [5, 5.41) is 0. The van der Waals surface area contributed by atoms with Gasteiger partial charge in [-0.05, 0) is 50.6 Å². The molecule has 0 atom stereocenters. The zero-order valence-electron chi connectivity index (χ0n) is 16.1. The van der Waals surface area contributed by atoms with E-state index in [9.17, 15) is 26.4 Å². The highest BCUT2D eigenvalue weighted by Gasteiger charge is 2.43. The van der Waals surface area contributed by atoms with Crippen molar-refractivity contribution in [3.05, 3.63) is 47.5 Å². The molecule has 2 aromatic carbocycles. The smallest absolute Gasteiger partial charge is 0.416 e. The molecule has 0 bridgehead atoms. The molecule has 2 aromatic rings. The normalized spacial score (nSPS) is 16.2. The fraction of sp³-hybridized carbons (Fsp3) is 0.316. The summed E-state index contributed by atoms with van der Waals surface area (Å²) >= 11 is 0. The van der Waals surface area contributed by atoms with Gasteiger partial charge in [0.2, 0.25) is 10.0 Å². The Morgan fingerprint density at radius 2 is 1.72 bits per heavy atom. The topological polar surface area (TPSA) is 75.7 Å². The van der Waals surface area contributed by atoms with Crippen molar-refractivity contribution in [2.24, 2.45) is 0 Å². The van der Waals surface area contributed by atoms with E-state index in [2.05, 4.69) is 4.72 Å². The predicted molar refractivity (Wildman–Crippen MR) is 103 cm³/mol. The molecule has 0 spiro atoms. The summed E-state index contributed by atoms with van der Waals surface area (Å²) in [6.45, 7) is 4.58. The van der Waals surface area contributed by atoms with Gasteiger partial charge in [-0.1, -0.05) is 6.07 Å². The Hall–Kier alpha value is -2.75. The van der Waals surface area contributed by atoms with E-state index < -0.39 is 33.3 Å². The Balaban J connectivity index is 2.19. The number of nitrogens with zero attached hydrogens (tertiary/aromatic N) is 1. The number of ether oxygens (including phenoxy) is 1. The summed E-state index contributed by atoms with van der Waals surface area (Å²) in [6.07, 6.45) is -3.58. The minimum atomic E-state index is -4.57. The van der Waals surface area contributed by atoms with Gasteiger partial charge >= 0.3 is 6.18 Å². The van der Waals surface area contributed by atoms with Crippen molar-refractivity contribution in [2.45, 2.75) is 32.5 Å². The monoisotopic (exact) mass is 428 g/mol. The van der Waals surface area contributed by atoms with E-state index >= 15 is 0 Å². The number of hydrogen-bond acceptors (Lipinski definition) is 4. The molecule has 1 aliphatic heterocycles. The number of halogens is 3. The van der Waals surface area contributed by atoms with Crippen molar-refractivity contribution < 1.29 is 31.1 Å². The van der Waals surface area contributed by atoms with Crippen LogP contribution in [0.25, 0.3) is 0 Å². The number of amides is 1. The number of anilines is 3. The van der Waals surface area contributed by atoms with E-state index in [1.807, 2.05) is 0 Å². The van der Waals surface area contributed by atoms with Gasteiger partial charge in [-0.2, -0.15) is 13.2 Å². The fourth-order valence-corrected chi connectivity index (χ4v) is 3.58. The zero-order valence-corrected chi connectivity index (χ0v) is 16.9. The van der Waals surface area contributed by atoms with Gasteiger partial charge in [-0.15, -0.1) is 0 Å². The highest BCUT2D eigenvalue weighted by molar-refractivity contribution is 7.92. The first-order valence-electron chi connectivity index (χ1n) is 8.52. The fourth-order valence-electron chi connectivity index (χ4n) is 3.02. The van der Waals surface area contributed by atoms with Crippen molar-refractivity contribution in [1.29, 1.82) is 0 Å². The molecule has 0 saturated heterocycles. The third-order valence-corrected chi connectivity index (χ3v) is 4.97. The van der Waals surface area contributed by atoms with Crippen molar-refractivity contribution >= 4 is 33.0 Å². The van der Waals surface area contributed by atoms with Crippen LogP contribution in [0.2, 0.25) is 0 Å². The summed E-state index contributed by atoms with van der Waals surface area (Å²) in [7, 11) is -3.55. The number of carbonyl (C=O) groups excluding carboxylic acids is 1. The average molecular weight is 428 g/mol. The summed E-state index contributed by atoms with van der Waals surface area (Å²) in [4.78, 5) is 14.2. The van der Waals surface area contributed by atoms with Crippen LogP contribution in [0.5, 0.6) is 5.75 Å². The van der Waals surface area contributed by atoms with E-state index in [0.717, 1.165) is 18.4 Å². The van der Waals surface area contributed by atoms with Crippen LogP contribution in [-0.4, -0.2) is 26.2 Å². The van der Waals surface area contributed by atoms with Gasteiger partial charge in [0, 0.05) is 6.07 Å². The van der Waals surface area contributed by atoms with Crippen LogP contribution in [0.1, 0.15) is 25.0 Å². The van der Waals surface area contributed by atoms with Crippen molar-refractivity contribution in [3.8, 4) is 5.75 Å². The number of aryl methyl sites for hydroxylation is 1. The molecule has 1 amide bonds. The van der Waals surface area contributed by atoms with E-state index in [1.165, 1.54) is 43.0 Å². The van der Waals surface area contributed by atoms with Crippen LogP contribution in [0.4, 0.5) is 30.2 Å². The first kappa shape index (κ1) is 21.0. The molecule has 0 aromatic heterocycles. The molecule has 0 unspecified atom stereocenters. The molecule has 0 aliphatic carbocycles. The molecule has 29 heavy (non-hydrogen) atoms. The zero-order chi connectivity index (χ0) is 21.8. The van der Waals surface area contributed by atoms with Gasteiger partial charge in [0.05, 0.1) is 28.9 Å². The maximum Gasteiger partial charge on any atom is 0.416 e. The number of fused-ring (bicyclic) bond motifs is 1. The SMILES string of the molecule is Cc1ccc(C(F)(F)F)cc1N1C(=O)C(C)(C)Oc2cc(NS(C)(=O)=O)ccc21. The van der Waals surface area contributed by atoms with E-state index in [1.54, 1.807) is 6.92 Å². The van der Waals surface area contributed by atoms with E-state index in [0.29, 0.717) is 5.56 Å². The molecule has 0 radical (unpaired) electrons. The van der Waals surface area contributed by atoms with Crippen LogP contribution >= 0.6 is 0 Å². The highest BCUT2D eigenvalue weighted by Crippen LogP contribution is 2.45. The lowest BCUT2D eigenvalue weighted by Crippen LogP contribution is -2.50. The molecule has 1 N–H and O–H groups in total. The third kappa shape index (κ3) is 4.16. The number of rotatable bonds is 3. The standard InChI is InChI=1S/C19H19F3N2O4S/c1-11-5-6-12(19(20,21)22)9-15(11)24-14-8-7-13(23-29(4,26)27)10-16(14)28-18(2,3)17(24)25/h5-10,23H,1-4H3. The average Bonchev–Trinajstić information content (AvgIpc) is 2.54. The first-order chi connectivity index (χ1) is 13.2. The minimum absolute atomic E-state index is 0.0753. The molecule has 0 fully saturated rings. The molecular formula is C19H19F3N2O4S. The summed E-state index contributed by atoms with van der Waals surface area (Å²) in [5.41, 5.74) is -1.29. The maximum absolute atomic E-state index is 13.2. The van der Waals surface area contributed by atoms with E-state index in [-0.39, 0.29) is 22.8 Å². The molecule has 10 heteroatoms. The number of carbonyl (C=O) groups is 1. The number of benzene rings is 2. The number of sulfonamides is 1. The largest absolute Gasteiger partial charge is 0.476 e. The van der Waals surface area contributed by atoms with Crippen molar-refractivity contribution in [3.63, 3.8) is 0 Å². The summed E-state index contributed by atoms with van der Waals surface area (Å²) in [6, 6.07) is 7.39. The van der Waals surface area contributed by atoms with Crippen LogP contribution in [0.3, 0.4) is 0 Å². The van der Waals surface area contributed by atoms with Gasteiger partial charge in [-0.3, -0.25) is 14.4 Å². The third-order valence-electron chi connectivity index (χ3n) is 4.36. The maximum atomic E-state index is 13.2. The highest BCUT2D eigenvalue weighted by atomic mass is 32.2. The van der Waals surface area contributed by atoms with Gasteiger partial charge in [0.25, 0.3) is 5.91 Å². The minimum Gasteiger partial charge on any atom is -0.476 e. The second-order valence-electron chi connectivity index (χ2n) is 7.31. The lowest BCUT2D eigenvalue weighted by Gasteiger charge is -2.39. The van der Waals surface area contributed by atoms with Gasteiger partial charge in [-0.25, -0.2) is 8.42 Å².